The van der Waals surface area contributed by atoms with E-state index in [1.54, 1.807) is 6.21 Å². The van der Waals surface area contributed by atoms with Crippen molar-refractivity contribution in [1.82, 2.24) is 5.43 Å². The fourth-order valence-corrected chi connectivity index (χ4v) is 3.22. The highest BCUT2D eigenvalue weighted by Gasteiger charge is 2.22. The van der Waals surface area contributed by atoms with Crippen molar-refractivity contribution >= 4 is 12.1 Å². The SMILES string of the molecule is CCOc1ccccc1/C=N/NC(=O)COc1ccc(C(C)(C)c2ccccc2)cc1. The Hall–Kier alpha value is -3.60. The number of ether oxygens (including phenoxy) is 2. The van der Waals surface area contributed by atoms with E-state index in [9.17, 15) is 4.79 Å². The minimum absolute atomic E-state index is 0.119. The normalized spacial score (nSPS) is 11.3. The van der Waals surface area contributed by atoms with Crippen molar-refractivity contribution in [2.45, 2.75) is 26.2 Å². The lowest BCUT2D eigenvalue weighted by molar-refractivity contribution is -0.123. The highest BCUT2D eigenvalue weighted by Crippen LogP contribution is 2.32. The van der Waals surface area contributed by atoms with Crippen LogP contribution >= 0.6 is 0 Å². The van der Waals surface area contributed by atoms with E-state index >= 15 is 0 Å². The molecule has 0 heterocycles. The van der Waals surface area contributed by atoms with Gasteiger partial charge in [0.1, 0.15) is 11.5 Å². The molecule has 0 spiro atoms. The van der Waals surface area contributed by atoms with Crippen molar-refractivity contribution in [2.24, 2.45) is 5.10 Å². The summed E-state index contributed by atoms with van der Waals surface area (Å²) in [4.78, 5) is 12.0. The molecule has 1 amide bonds. The summed E-state index contributed by atoms with van der Waals surface area (Å²) in [5.41, 5.74) is 5.57. The third kappa shape index (κ3) is 5.95. The van der Waals surface area contributed by atoms with Gasteiger partial charge in [0.15, 0.2) is 6.61 Å². The van der Waals surface area contributed by atoms with E-state index in [0.29, 0.717) is 12.4 Å². The molecule has 5 nitrogen and oxygen atoms in total. The van der Waals surface area contributed by atoms with Crippen LogP contribution in [0.2, 0.25) is 0 Å². The number of hydrogen-bond acceptors (Lipinski definition) is 4. The van der Waals surface area contributed by atoms with Crippen molar-refractivity contribution in [3.05, 3.63) is 95.6 Å². The summed E-state index contributed by atoms with van der Waals surface area (Å²) in [6.45, 7) is 6.74. The molecule has 3 aromatic rings. The molecule has 160 valence electrons. The Morgan fingerprint density at radius 3 is 2.26 bits per heavy atom. The maximum absolute atomic E-state index is 12.0. The van der Waals surface area contributed by atoms with Crippen LogP contribution in [0.3, 0.4) is 0 Å². The Morgan fingerprint density at radius 1 is 0.903 bits per heavy atom. The van der Waals surface area contributed by atoms with Crippen LogP contribution in [0.1, 0.15) is 37.5 Å². The average molecular weight is 417 g/mol. The van der Waals surface area contributed by atoms with Gasteiger partial charge in [-0.05, 0) is 42.3 Å². The molecule has 0 aliphatic heterocycles. The van der Waals surface area contributed by atoms with Crippen molar-refractivity contribution in [1.29, 1.82) is 0 Å². The molecule has 0 unspecified atom stereocenters. The maximum atomic E-state index is 12.0. The topological polar surface area (TPSA) is 59.9 Å². The summed E-state index contributed by atoms with van der Waals surface area (Å²) in [6.07, 6.45) is 1.56. The molecule has 0 aliphatic rings. The number of amides is 1. The number of hydrogen-bond donors (Lipinski definition) is 1. The minimum Gasteiger partial charge on any atom is -0.493 e. The maximum Gasteiger partial charge on any atom is 0.277 e. The molecule has 0 fully saturated rings. The van der Waals surface area contributed by atoms with Crippen molar-refractivity contribution < 1.29 is 14.3 Å². The third-order valence-corrected chi connectivity index (χ3v) is 5.05. The Bertz CT molecular complexity index is 1010. The number of carbonyl (C=O) groups is 1. The van der Waals surface area contributed by atoms with Gasteiger partial charge < -0.3 is 9.47 Å². The number of benzene rings is 3. The van der Waals surface area contributed by atoms with Crippen molar-refractivity contribution in [3.8, 4) is 11.5 Å². The molecule has 0 radical (unpaired) electrons. The summed E-state index contributed by atoms with van der Waals surface area (Å²) in [7, 11) is 0. The van der Waals surface area contributed by atoms with Gasteiger partial charge in [0, 0.05) is 11.0 Å². The number of carbonyl (C=O) groups excluding carboxylic acids is 1. The first-order chi connectivity index (χ1) is 15.0. The molecule has 1 N–H and O–H groups in total. The fourth-order valence-electron chi connectivity index (χ4n) is 3.22. The zero-order valence-corrected chi connectivity index (χ0v) is 18.2. The van der Waals surface area contributed by atoms with E-state index in [4.69, 9.17) is 9.47 Å². The molecule has 0 aromatic heterocycles. The second kappa shape index (κ2) is 10.4. The number of para-hydroxylation sites is 1. The minimum atomic E-state index is -0.334. The van der Waals surface area contributed by atoms with Gasteiger partial charge >= 0.3 is 0 Å². The van der Waals surface area contributed by atoms with Gasteiger partial charge in [0.05, 0.1) is 12.8 Å². The van der Waals surface area contributed by atoms with Crippen LogP contribution in [0.5, 0.6) is 11.5 Å². The molecule has 31 heavy (non-hydrogen) atoms. The van der Waals surface area contributed by atoms with Crippen LogP contribution in [0.25, 0.3) is 0 Å². The summed E-state index contributed by atoms with van der Waals surface area (Å²) in [5.74, 6) is 1.02. The Morgan fingerprint density at radius 2 is 1.55 bits per heavy atom. The molecule has 0 bridgehead atoms. The predicted molar refractivity (Wildman–Crippen MR) is 124 cm³/mol. The van der Waals surface area contributed by atoms with E-state index in [0.717, 1.165) is 11.3 Å². The lowest BCUT2D eigenvalue weighted by Gasteiger charge is -2.26. The van der Waals surface area contributed by atoms with E-state index < -0.39 is 0 Å². The highest BCUT2D eigenvalue weighted by atomic mass is 16.5. The number of hydrazone groups is 1. The van der Waals surface area contributed by atoms with Crippen LogP contribution in [0.4, 0.5) is 0 Å². The van der Waals surface area contributed by atoms with Gasteiger partial charge in [-0.25, -0.2) is 5.43 Å². The van der Waals surface area contributed by atoms with Gasteiger partial charge in [-0.2, -0.15) is 5.10 Å². The van der Waals surface area contributed by atoms with Crippen LogP contribution in [0, 0.1) is 0 Å². The van der Waals surface area contributed by atoms with Gasteiger partial charge in [-0.1, -0.05) is 68.4 Å². The van der Waals surface area contributed by atoms with Crippen LogP contribution in [-0.4, -0.2) is 25.3 Å². The summed E-state index contributed by atoms with van der Waals surface area (Å²) in [6, 6.07) is 25.7. The Balaban J connectivity index is 1.53. The summed E-state index contributed by atoms with van der Waals surface area (Å²) >= 11 is 0. The standard InChI is InChI=1S/C26H28N2O3/c1-4-30-24-13-9-8-10-20(24)18-27-28-25(29)19-31-23-16-14-22(15-17-23)26(2,3)21-11-6-5-7-12-21/h5-18H,4,19H2,1-3H3,(H,28,29)/b27-18+. The van der Waals surface area contributed by atoms with Crippen molar-refractivity contribution in [2.75, 3.05) is 13.2 Å². The van der Waals surface area contributed by atoms with Gasteiger partial charge in [0.2, 0.25) is 0 Å². The zero-order chi connectivity index (χ0) is 22.1. The molecular formula is C26H28N2O3. The first-order valence-corrected chi connectivity index (χ1v) is 10.3. The van der Waals surface area contributed by atoms with Crippen LogP contribution in [0.15, 0.2) is 84.0 Å². The molecule has 0 atom stereocenters. The van der Waals surface area contributed by atoms with Crippen molar-refractivity contribution in [3.63, 3.8) is 0 Å². The van der Waals surface area contributed by atoms with E-state index in [2.05, 4.69) is 36.5 Å². The molecule has 3 rings (SSSR count). The lowest BCUT2D eigenvalue weighted by Crippen LogP contribution is -2.24. The van der Waals surface area contributed by atoms with E-state index in [1.807, 2.05) is 73.7 Å². The molecule has 0 aliphatic carbocycles. The summed E-state index contributed by atoms with van der Waals surface area (Å²) in [5, 5.41) is 3.99. The molecule has 5 heteroatoms. The largest absolute Gasteiger partial charge is 0.493 e. The first-order valence-electron chi connectivity index (χ1n) is 10.3. The van der Waals surface area contributed by atoms with Crippen LogP contribution in [-0.2, 0) is 10.2 Å². The van der Waals surface area contributed by atoms with Gasteiger partial charge in [-0.3, -0.25) is 4.79 Å². The second-order valence-corrected chi connectivity index (χ2v) is 7.57. The summed E-state index contributed by atoms with van der Waals surface area (Å²) < 4.78 is 11.1. The monoisotopic (exact) mass is 416 g/mol. The molecular weight excluding hydrogens is 388 g/mol. The molecule has 0 saturated carbocycles. The number of nitrogens with zero attached hydrogens (tertiary/aromatic N) is 1. The lowest BCUT2D eigenvalue weighted by atomic mass is 9.78. The smallest absolute Gasteiger partial charge is 0.277 e. The molecule has 0 saturated heterocycles. The average Bonchev–Trinajstić information content (AvgIpc) is 2.80. The van der Waals surface area contributed by atoms with Crippen LogP contribution < -0.4 is 14.9 Å². The Kier molecular flexibility index (Phi) is 7.44. The number of nitrogens with one attached hydrogen (secondary N) is 1. The Labute approximate surface area is 183 Å². The van der Waals surface area contributed by atoms with E-state index in [1.165, 1.54) is 11.1 Å². The van der Waals surface area contributed by atoms with E-state index in [-0.39, 0.29) is 17.9 Å². The van der Waals surface area contributed by atoms with Gasteiger partial charge in [-0.15, -0.1) is 0 Å². The quantitative estimate of drug-likeness (QED) is 0.397. The zero-order valence-electron chi connectivity index (χ0n) is 18.2. The first kappa shape index (κ1) is 22.1. The molecule has 3 aromatic carbocycles. The second-order valence-electron chi connectivity index (χ2n) is 7.57. The number of rotatable bonds is 9. The van der Waals surface area contributed by atoms with Gasteiger partial charge in [0.25, 0.3) is 5.91 Å². The fraction of sp³-hybridized carbons (Fsp3) is 0.231. The predicted octanol–water partition coefficient (Wildman–Crippen LogP) is 4.94. The third-order valence-electron chi connectivity index (χ3n) is 5.05. The highest BCUT2D eigenvalue weighted by molar-refractivity contribution is 5.85.